The van der Waals surface area contributed by atoms with Gasteiger partial charge in [-0.1, -0.05) is 40.2 Å². The van der Waals surface area contributed by atoms with Crippen LogP contribution in [-0.2, 0) is 11.4 Å². The van der Waals surface area contributed by atoms with E-state index in [1.54, 1.807) is 43.5 Å². The summed E-state index contributed by atoms with van der Waals surface area (Å²) in [6.45, 7) is 0.404. The van der Waals surface area contributed by atoms with E-state index in [-0.39, 0.29) is 5.57 Å². The Morgan fingerprint density at radius 1 is 1.13 bits per heavy atom. The Balaban J connectivity index is 1.74. The number of nitriles is 1. The molecule has 1 N–H and O–H groups in total. The number of carbonyl (C=O) groups excluding carboxylic acids is 1. The first kappa shape index (κ1) is 22.8. The van der Waals surface area contributed by atoms with Crippen molar-refractivity contribution in [1.82, 2.24) is 0 Å². The molecule has 0 saturated heterocycles. The molecule has 0 aliphatic rings. The van der Waals surface area contributed by atoms with Gasteiger partial charge in [0.25, 0.3) is 5.91 Å². The van der Waals surface area contributed by atoms with Crippen LogP contribution in [0.2, 0.25) is 0 Å². The Kier molecular flexibility index (Phi) is 8.09. The minimum atomic E-state index is -0.487. The lowest BCUT2D eigenvalue weighted by Crippen LogP contribution is -2.13. The fraction of sp³-hybridized carbons (Fsp3) is 0.0833. The second-order valence-electron chi connectivity index (χ2n) is 6.46. The molecule has 31 heavy (non-hydrogen) atoms. The van der Waals surface area contributed by atoms with Gasteiger partial charge < -0.3 is 14.8 Å². The van der Waals surface area contributed by atoms with E-state index in [0.717, 1.165) is 13.6 Å². The zero-order valence-corrected chi connectivity index (χ0v) is 20.3. The molecule has 7 heteroatoms. The fourth-order valence-electron chi connectivity index (χ4n) is 2.71. The van der Waals surface area contributed by atoms with Gasteiger partial charge in [0.2, 0.25) is 0 Å². The summed E-state index contributed by atoms with van der Waals surface area (Å²) >= 11 is 5.61. The standard InChI is InChI=1S/C24H18BrIN2O3/c1-30-23-12-17(7-10-22(23)31-15-16-5-8-20(26)9-6-16)11-18(14-27)24(29)28-21-4-2-3-19(25)13-21/h2-13H,15H2,1H3,(H,28,29)/b18-11-. The van der Waals surface area contributed by atoms with Crippen molar-refractivity contribution in [1.29, 1.82) is 5.26 Å². The van der Waals surface area contributed by atoms with Gasteiger partial charge in [-0.2, -0.15) is 5.26 Å². The van der Waals surface area contributed by atoms with Crippen LogP contribution in [0.25, 0.3) is 6.08 Å². The maximum absolute atomic E-state index is 12.5. The lowest BCUT2D eigenvalue weighted by molar-refractivity contribution is -0.112. The molecule has 1 amide bonds. The summed E-state index contributed by atoms with van der Waals surface area (Å²) in [5.41, 5.74) is 2.27. The number of hydrogen-bond donors (Lipinski definition) is 1. The third kappa shape index (κ3) is 6.57. The molecule has 0 aliphatic heterocycles. The Morgan fingerprint density at radius 3 is 2.58 bits per heavy atom. The zero-order chi connectivity index (χ0) is 22.2. The Labute approximate surface area is 203 Å². The summed E-state index contributed by atoms with van der Waals surface area (Å²) in [6.07, 6.45) is 1.51. The highest BCUT2D eigenvalue weighted by Gasteiger charge is 2.11. The average Bonchev–Trinajstić information content (AvgIpc) is 2.77. The van der Waals surface area contributed by atoms with Crippen LogP contribution in [0.3, 0.4) is 0 Å². The van der Waals surface area contributed by atoms with Crippen molar-refractivity contribution in [2.45, 2.75) is 6.61 Å². The highest BCUT2D eigenvalue weighted by molar-refractivity contribution is 14.1. The Morgan fingerprint density at radius 2 is 1.90 bits per heavy atom. The molecule has 0 aromatic heterocycles. The summed E-state index contributed by atoms with van der Waals surface area (Å²) in [6, 6.07) is 22.4. The molecule has 0 bridgehead atoms. The van der Waals surface area contributed by atoms with Crippen molar-refractivity contribution < 1.29 is 14.3 Å². The molecular formula is C24H18BrIN2O3. The van der Waals surface area contributed by atoms with Crippen molar-refractivity contribution in [2.75, 3.05) is 12.4 Å². The predicted molar refractivity (Wildman–Crippen MR) is 133 cm³/mol. The zero-order valence-electron chi connectivity index (χ0n) is 16.6. The van der Waals surface area contributed by atoms with Gasteiger partial charge in [0.1, 0.15) is 18.2 Å². The highest BCUT2D eigenvalue weighted by Crippen LogP contribution is 2.30. The number of ether oxygens (including phenoxy) is 2. The lowest BCUT2D eigenvalue weighted by atomic mass is 10.1. The molecule has 156 valence electrons. The smallest absolute Gasteiger partial charge is 0.266 e. The highest BCUT2D eigenvalue weighted by atomic mass is 127. The second-order valence-corrected chi connectivity index (χ2v) is 8.62. The van der Waals surface area contributed by atoms with E-state index in [4.69, 9.17) is 9.47 Å². The normalized spacial score (nSPS) is 10.8. The first-order valence-corrected chi connectivity index (χ1v) is 11.1. The van der Waals surface area contributed by atoms with Crippen LogP contribution in [0, 0.1) is 14.9 Å². The Bertz CT molecular complexity index is 1150. The van der Waals surface area contributed by atoms with Gasteiger partial charge in [0.05, 0.1) is 7.11 Å². The number of nitrogens with zero attached hydrogens (tertiary/aromatic N) is 1. The summed E-state index contributed by atoms with van der Waals surface area (Å²) in [5, 5.41) is 12.2. The molecule has 0 spiro atoms. The second kappa shape index (κ2) is 11.0. The molecule has 0 heterocycles. The van der Waals surface area contributed by atoms with Crippen molar-refractivity contribution in [2.24, 2.45) is 0 Å². The van der Waals surface area contributed by atoms with Crippen molar-refractivity contribution >= 4 is 56.2 Å². The molecule has 3 rings (SSSR count). The van der Waals surface area contributed by atoms with Crippen molar-refractivity contribution in [3.8, 4) is 17.6 Å². The number of carbonyl (C=O) groups is 1. The van der Waals surface area contributed by atoms with Crippen LogP contribution in [0.5, 0.6) is 11.5 Å². The quantitative estimate of drug-likeness (QED) is 0.203. The van der Waals surface area contributed by atoms with Crippen LogP contribution in [0.1, 0.15) is 11.1 Å². The third-order valence-corrected chi connectivity index (χ3v) is 5.47. The third-order valence-electron chi connectivity index (χ3n) is 4.25. The SMILES string of the molecule is COc1cc(/C=C(/C#N)C(=O)Nc2cccc(Br)c2)ccc1OCc1ccc(I)cc1. The number of methoxy groups -OCH3 is 1. The first-order valence-electron chi connectivity index (χ1n) is 9.22. The van der Waals surface area contributed by atoms with Gasteiger partial charge in [-0.25, -0.2) is 0 Å². The van der Waals surface area contributed by atoms with E-state index in [1.165, 1.54) is 6.08 Å². The molecule has 0 aliphatic carbocycles. The van der Waals surface area contributed by atoms with Gasteiger partial charge >= 0.3 is 0 Å². The number of benzene rings is 3. The number of rotatable bonds is 7. The fourth-order valence-corrected chi connectivity index (χ4v) is 3.47. The summed E-state index contributed by atoms with van der Waals surface area (Å²) in [7, 11) is 1.55. The lowest BCUT2D eigenvalue weighted by Gasteiger charge is -2.12. The molecule has 0 fully saturated rings. The molecule has 0 saturated carbocycles. The molecular weight excluding hydrogens is 571 g/mol. The summed E-state index contributed by atoms with van der Waals surface area (Å²) in [4.78, 5) is 12.5. The van der Waals surface area contributed by atoms with E-state index in [1.807, 2.05) is 36.4 Å². The molecule has 0 radical (unpaired) electrons. The number of anilines is 1. The molecule has 0 atom stereocenters. The van der Waals surface area contributed by atoms with Gasteiger partial charge in [0.15, 0.2) is 11.5 Å². The largest absolute Gasteiger partial charge is 0.493 e. The molecule has 3 aromatic carbocycles. The van der Waals surface area contributed by atoms with Crippen LogP contribution < -0.4 is 14.8 Å². The van der Waals surface area contributed by atoms with E-state index < -0.39 is 5.91 Å². The predicted octanol–water partition coefficient (Wildman–Crippen LogP) is 6.19. The van der Waals surface area contributed by atoms with Crippen LogP contribution in [0.15, 0.2) is 76.8 Å². The number of halogens is 2. The van der Waals surface area contributed by atoms with E-state index in [2.05, 4.69) is 43.8 Å². The summed E-state index contributed by atoms with van der Waals surface area (Å²) in [5.74, 6) is 0.609. The van der Waals surface area contributed by atoms with Gasteiger partial charge in [-0.3, -0.25) is 4.79 Å². The minimum absolute atomic E-state index is 0.0189. The minimum Gasteiger partial charge on any atom is -0.493 e. The van der Waals surface area contributed by atoms with Gasteiger partial charge in [-0.15, -0.1) is 0 Å². The van der Waals surface area contributed by atoms with E-state index in [0.29, 0.717) is 29.4 Å². The van der Waals surface area contributed by atoms with E-state index >= 15 is 0 Å². The van der Waals surface area contributed by atoms with Crippen LogP contribution >= 0.6 is 38.5 Å². The van der Waals surface area contributed by atoms with Crippen LogP contribution in [0.4, 0.5) is 5.69 Å². The Hall–Kier alpha value is -2.83. The molecule has 5 nitrogen and oxygen atoms in total. The summed E-state index contributed by atoms with van der Waals surface area (Å²) < 4.78 is 13.3. The number of amides is 1. The maximum Gasteiger partial charge on any atom is 0.266 e. The monoisotopic (exact) mass is 588 g/mol. The molecule has 3 aromatic rings. The van der Waals surface area contributed by atoms with Crippen LogP contribution in [-0.4, -0.2) is 13.0 Å². The average molecular weight is 589 g/mol. The maximum atomic E-state index is 12.5. The van der Waals surface area contributed by atoms with E-state index in [9.17, 15) is 10.1 Å². The molecule has 0 unspecified atom stereocenters. The van der Waals surface area contributed by atoms with Crippen molar-refractivity contribution in [3.05, 3.63) is 91.5 Å². The van der Waals surface area contributed by atoms with Gasteiger partial charge in [-0.05, 0) is 82.3 Å². The van der Waals surface area contributed by atoms with Crippen molar-refractivity contribution in [3.63, 3.8) is 0 Å². The number of hydrogen-bond acceptors (Lipinski definition) is 4. The van der Waals surface area contributed by atoms with Gasteiger partial charge in [0, 0.05) is 13.7 Å². The topological polar surface area (TPSA) is 71.3 Å². The number of nitrogens with one attached hydrogen (secondary N) is 1. The first-order chi connectivity index (χ1) is 15.0.